The lowest BCUT2D eigenvalue weighted by molar-refractivity contribution is 0.0711. The molecule has 4 aromatic rings. The minimum absolute atomic E-state index is 0.418. The van der Waals surface area contributed by atoms with E-state index in [2.05, 4.69) is 19.7 Å². The first kappa shape index (κ1) is 16.7. The molecule has 132 valence electrons. The molecule has 9 heteroatoms. The predicted octanol–water partition coefficient (Wildman–Crippen LogP) is 4.00. The molecule has 0 bridgehead atoms. The van der Waals surface area contributed by atoms with E-state index in [9.17, 15) is 4.79 Å². The van der Waals surface area contributed by atoms with Gasteiger partial charge < -0.3 is 5.32 Å². The van der Waals surface area contributed by atoms with Crippen molar-refractivity contribution in [1.29, 1.82) is 0 Å². The average Bonchev–Trinajstić information content (AvgIpc) is 3.31. The topological polar surface area (TPSA) is 91.5 Å². The van der Waals surface area contributed by atoms with Crippen molar-refractivity contribution in [2.24, 2.45) is 0 Å². The number of aromatic nitrogens is 3. The van der Waals surface area contributed by atoms with Gasteiger partial charge in [0.15, 0.2) is 5.13 Å². The number of nitrogens with one attached hydrogen (secondary N) is 2. The molecule has 0 aliphatic heterocycles. The molecule has 4 aromatic heterocycles. The Morgan fingerprint density at radius 3 is 2.77 bits per heavy atom. The molecule has 0 radical (unpaired) electrons. The molecule has 7 nitrogen and oxygen atoms in total. The molecule has 0 atom stereocenters. The number of hydrogen-bond donors (Lipinski definition) is 3. The summed E-state index contributed by atoms with van der Waals surface area (Å²) in [6.45, 7) is 3.96. The molecule has 0 fully saturated rings. The number of hydroxylamine groups is 1. The summed E-state index contributed by atoms with van der Waals surface area (Å²) >= 11 is 2.78. The first-order valence-corrected chi connectivity index (χ1v) is 9.43. The van der Waals surface area contributed by atoms with Crippen molar-refractivity contribution in [1.82, 2.24) is 19.8 Å². The number of rotatable bonds is 4. The number of carbonyl (C=O) groups excluding carboxylic acids is 1. The first-order valence-electron chi connectivity index (χ1n) is 7.79. The molecular formula is C17H15N5O2S2. The lowest BCUT2D eigenvalue weighted by Gasteiger charge is -2.00. The second-order valence-electron chi connectivity index (χ2n) is 5.64. The molecule has 4 heterocycles. The van der Waals surface area contributed by atoms with Crippen LogP contribution in [0.25, 0.3) is 16.2 Å². The Balaban J connectivity index is 1.68. The molecule has 0 aromatic carbocycles. The van der Waals surface area contributed by atoms with Crippen LogP contribution in [0.15, 0.2) is 36.5 Å². The fraction of sp³-hybridized carbons (Fsp3) is 0.118. The minimum atomic E-state index is -0.527. The number of thiophene rings is 1. The van der Waals surface area contributed by atoms with Gasteiger partial charge in [0.25, 0.3) is 5.91 Å². The van der Waals surface area contributed by atoms with Crippen molar-refractivity contribution < 1.29 is 10.0 Å². The molecule has 4 rings (SSSR count). The number of amides is 1. The van der Waals surface area contributed by atoms with Gasteiger partial charge in [-0.15, -0.1) is 11.3 Å². The second kappa shape index (κ2) is 6.52. The fourth-order valence-electron chi connectivity index (χ4n) is 2.74. The third-order valence-electron chi connectivity index (χ3n) is 3.88. The van der Waals surface area contributed by atoms with Crippen LogP contribution < -0.4 is 10.8 Å². The zero-order chi connectivity index (χ0) is 18.3. The molecule has 26 heavy (non-hydrogen) atoms. The number of aryl methyl sites for hydroxylation is 2. The van der Waals surface area contributed by atoms with Gasteiger partial charge in [-0.25, -0.2) is 15.4 Å². The fourth-order valence-corrected chi connectivity index (χ4v) is 4.68. The summed E-state index contributed by atoms with van der Waals surface area (Å²) in [5.41, 5.74) is 5.44. The quantitative estimate of drug-likeness (QED) is 0.365. The van der Waals surface area contributed by atoms with Crippen LogP contribution in [0.5, 0.6) is 0 Å². The van der Waals surface area contributed by atoms with Crippen LogP contribution in [-0.2, 0) is 0 Å². The van der Waals surface area contributed by atoms with E-state index < -0.39 is 5.91 Å². The van der Waals surface area contributed by atoms with Crippen molar-refractivity contribution in [3.05, 3.63) is 52.8 Å². The smallest absolute Gasteiger partial charge is 0.284 e. The number of pyridine rings is 1. The summed E-state index contributed by atoms with van der Waals surface area (Å²) in [5, 5.41) is 13.5. The number of anilines is 2. The maximum Gasteiger partial charge on any atom is 0.284 e. The number of thiazole rings is 1. The maximum absolute atomic E-state index is 11.5. The molecule has 0 aliphatic rings. The zero-order valence-corrected chi connectivity index (χ0v) is 15.6. The highest BCUT2D eigenvalue weighted by atomic mass is 32.1. The van der Waals surface area contributed by atoms with Gasteiger partial charge in [-0.1, -0.05) is 17.4 Å². The maximum atomic E-state index is 11.5. The summed E-state index contributed by atoms with van der Waals surface area (Å²) in [6.07, 6.45) is 2.00. The molecule has 0 saturated heterocycles. The zero-order valence-electron chi connectivity index (χ0n) is 14.0. The van der Waals surface area contributed by atoms with Crippen molar-refractivity contribution in [3.63, 3.8) is 0 Å². The summed E-state index contributed by atoms with van der Waals surface area (Å²) in [6, 6.07) is 9.35. The van der Waals surface area contributed by atoms with Crippen LogP contribution in [0.2, 0.25) is 0 Å². The number of nitrogens with zero attached hydrogens (tertiary/aromatic N) is 3. The van der Waals surface area contributed by atoms with Gasteiger partial charge in [0, 0.05) is 6.20 Å². The van der Waals surface area contributed by atoms with Gasteiger partial charge in [-0.2, -0.15) is 0 Å². The summed E-state index contributed by atoms with van der Waals surface area (Å²) in [7, 11) is 0. The first-order chi connectivity index (χ1) is 12.6. The predicted molar refractivity (Wildman–Crippen MR) is 103 cm³/mol. The highest BCUT2D eigenvalue weighted by molar-refractivity contribution is 7.20. The van der Waals surface area contributed by atoms with E-state index in [-0.39, 0.29) is 0 Å². The lowest BCUT2D eigenvalue weighted by Crippen LogP contribution is -2.16. The molecule has 0 saturated carbocycles. The lowest BCUT2D eigenvalue weighted by atomic mass is 10.2. The molecule has 1 amide bonds. The van der Waals surface area contributed by atoms with E-state index in [0.717, 1.165) is 37.7 Å². The normalized spacial score (nSPS) is 11.0. The van der Waals surface area contributed by atoms with Crippen LogP contribution in [0.1, 0.15) is 21.1 Å². The average molecular weight is 385 g/mol. The molecule has 0 unspecified atom stereocenters. The number of hydrogen-bond acceptors (Lipinski definition) is 7. The Labute approximate surface area is 156 Å². The van der Waals surface area contributed by atoms with Crippen LogP contribution in [0.4, 0.5) is 10.1 Å². The molecule has 0 spiro atoms. The van der Waals surface area contributed by atoms with Crippen molar-refractivity contribution in [3.8, 4) is 10.6 Å². The van der Waals surface area contributed by atoms with E-state index >= 15 is 0 Å². The Morgan fingerprint density at radius 1 is 1.12 bits per heavy atom. The highest BCUT2D eigenvalue weighted by Crippen LogP contribution is 2.37. The van der Waals surface area contributed by atoms with Gasteiger partial charge in [-0.05, 0) is 38.1 Å². The number of fused-ring (bicyclic) bond motifs is 1. The number of carbonyl (C=O) groups is 1. The van der Waals surface area contributed by atoms with Gasteiger partial charge in [-0.3, -0.25) is 14.4 Å². The third kappa shape index (κ3) is 2.85. The summed E-state index contributed by atoms with van der Waals surface area (Å²) in [4.78, 5) is 22.1. The van der Waals surface area contributed by atoms with Gasteiger partial charge >= 0.3 is 0 Å². The number of imidazole rings is 1. The molecule has 0 aliphatic carbocycles. The SMILES string of the molecule is Cc1nc(Nc2ccc(C(=O)NO)s2)sc1-c1c(C)nc2ccccn12. The minimum Gasteiger partial charge on any atom is -0.323 e. The van der Waals surface area contributed by atoms with E-state index in [1.165, 1.54) is 22.7 Å². The molecular weight excluding hydrogens is 370 g/mol. The van der Waals surface area contributed by atoms with E-state index in [0.29, 0.717) is 4.88 Å². The van der Waals surface area contributed by atoms with Crippen molar-refractivity contribution >= 4 is 44.4 Å². The van der Waals surface area contributed by atoms with E-state index in [4.69, 9.17) is 5.21 Å². The highest BCUT2D eigenvalue weighted by Gasteiger charge is 2.18. The van der Waals surface area contributed by atoms with Gasteiger partial charge in [0.05, 0.1) is 31.8 Å². The summed E-state index contributed by atoms with van der Waals surface area (Å²) in [5.74, 6) is -0.527. The monoisotopic (exact) mass is 385 g/mol. The van der Waals surface area contributed by atoms with Crippen molar-refractivity contribution in [2.45, 2.75) is 13.8 Å². The van der Waals surface area contributed by atoms with Gasteiger partial charge in [0.2, 0.25) is 0 Å². The molecule has 3 N–H and O–H groups in total. The Kier molecular flexibility index (Phi) is 4.19. The Morgan fingerprint density at radius 2 is 1.96 bits per heavy atom. The van der Waals surface area contributed by atoms with E-state index in [1.54, 1.807) is 17.6 Å². The standard InChI is InChI=1S/C17H15N5O2S2/c1-9-14(22-8-4-3-5-12(22)18-9)15-10(2)19-17(26-15)20-13-7-6-11(25-13)16(23)21-24/h3-8,24H,1-2H3,(H,19,20)(H,21,23). The third-order valence-corrected chi connectivity index (χ3v) is 5.96. The van der Waals surface area contributed by atoms with Gasteiger partial charge in [0.1, 0.15) is 5.65 Å². The van der Waals surface area contributed by atoms with Crippen molar-refractivity contribution in [2.75, 3.05) is 5.32 Å². The Hall–Kier alpha value is -2.75. The Bertz CT molecular complexity index is 1110. The van der Waals surface area contributed by atoms with Crippen LogP contribution in [-0.4, -0.2) is 25.5 Å². The largest absolute Gasteiger partial charge is 0.323 e. The van der Waals surface area contributed by atoms with Crippen LogP contribution in [0, 0.1) is 13.8 Å². The van der Waals surface area contributed by atoms with Crippen LogP contribution in [0.3, 0.4) is 0 Å². The summed E-state index contributed by atoms with van der Waals surface area (Å²) < 4.78 is 2.06. The van der Waals surface area contributed by atoms with Crippen LogP contribution >= 0.6 is 22.7 Å². The second-order valence-corrected chi connectivity index (χ2v) is 7.72. The van der Waals surface area contributed by atoms with E-state index in [1.807, 2.05) is 38.2 Å².